The van der Waals surface area contributed by atoms with E-state index in [0.717, 1.165) is 44.3 Å². The summed E-state index contributed by atoms with van der Waals surface area (Å²) in [7, 11) is 0. The summed E-state index contributed by atoms with van der Waals surface area (Å²) in [6, 6.07) is 10.2. The Bertz CT molecular complexity index is 490. The quantitative estimate of drug-likeness (QED) is 0.598. The van der Waals surface area contributed by atoms with Gasteiger partial charge in [-0.1, -0.05) is 56.5 Å². The van der Waals surface area contributed by atoms with Crippen molar-refractivity contribution in [1.82, 2.24) is 5.32 Å². The van der Waals surface area contributed by atoms with Crippen LogP contribution in [0.2, 0.25) is 0 Å². The van der Waals surface area contributed by atoms with Crippen LogP contribution in [0.5, 0.6) is 0 Å². The molecule has 3 heteroatoms. The molecule has 0 spiro atoms. The van der Waals surface area contributed by atoms with Crippen molar-refractivity contribution in [2.75, 3.05) is 13.1 Å². The highest BCUT2D eigenvalue weighted by Crippen LogP contribution is 2.38. The Labute approximate surface area is 140 Å². The summed E-state index contributed by atoms with van der Waals surface area (Å²) in [5, 5.41) is 3.37. The fourth-order valence-corrected chi connectivity index (χ4v) is 3.26. The van der Waals surface area contributed by atoms with Crippen LogP contribution < -0.4 is 5.32 Å². The maximum Gasteiger partial charge on any atom is 0.312 e. The predicted octanol–water partition coefficient (Wildman–Crippen LogP) is 4.42. The molecule has 0 radical (unpaired) electrons. The van der Waals surface area contributed by atoms with Crippen LogP contribution in [0.4, 0.5) is 0 Å². The van der Waals surface area contributed by atoms with E-state index in [0.29, 0.717) is 0 Å². The van der Waals surface area contributed by atoms with Crippen molar-refractivity contribution in [1.29, 1.82) is 0 Å². The molecule has 2 rings (SSSR count). The van der Waals surface area contributed by atoms with E-state index in [1.807, 2.05) is 32.0 Å². The molecule has 1 aromatic carbocycles. The van der Waals surface area contributed by atoms with E-state index in [-0.39, 0.29) is 5.97 Å². The molecule has 1 N–H and O–H groups in total. The van der Waals surface area contributed by atoms with E-state index < -0.39 is 11.0 Å². The molecule has 1 aliphatic heterocycles. The van der Waals surface area contributed by atoms with Gasteiger partial charge in [-0.05, 0) is 38.9 Å². The highest BCUT2D eigenvalue weighted by molar-refractivity contribution is 5.76. The number of hydrogen-bond donors (Lipinski definition) is 1. The molecule has 3 nitrogen and oxygen atoms in total. The summed E-state index contributed by atoms with van der Waals surface area (Å²) in [6.45, 7) is 8.00. The van der Waals surface area contributed by atoms with Crippen LogP contribution in [0.25, 0.3) is 0 Å². The van der Waals surface area contributed by atoms with Crippen LogP contribution in [0.15, 0.2) is 30.3 Å². The number of piperidine rings is 1. The Hall–Kier alpha value is -1.35. The van der Waals surface area contributed by atoms with Crippen LogP contribution >= 0.6 is 0 Å². The third-order valence-corrected chi connectivity index (χ3v) is 4.96. The van der Waals surface area contributed by atoms with E-state index >= 15 is 0 Å². The molecule has 0 aliphatic carbocycles. The van der Waals surface area contributed by atoms with Crippen molar-refractivity contribution in [3.05, 3.63) is 35.9 Å². The molecule has 0 atom stereocenters. The van der Waals surface area contributed by atoms with Gasteiger partial charge in [0.05, 0.1) is 5.41 Å². The number of rotatable bonds is 7. The number of ether oxygens (including phenoxy) is 1. The third-order valence-electron chi connectivity index (χ3n) is 4.96. The molecular formula is C20H31NO2. The number of carbonyl (C=O) groups excluding carboxylic acids is 1. The molecule has 0 bridgehead atoms. The standard InChI is InChI=1S/C20H31NO2/c1-4-5-9-12-19(2,3)18(22)23-20(13-15-21-16-14-20)17-10-7-6-8-11-17/h6-8,10-11,21H,4-5,9,12-16H2,1-3H3. The van der Waals surface area contributed by atoms with Crippen molar-refractivity contribution in [3.8, 4) is 0 Å². The summed E-state index contributed by atoms with van der Waals surface area (Å²) >= 11 is 0. The van der Waals surface area contributed by atoms with Crippen LogP contribution in [0, 0.1) is 5.41 Å². The molecular weight excluding hydrogens is 286 g/mol. The zero-order valence-electron chi connectivity index (χ0n) is 14.9. The molecule has 1 saturated heterocycles. The van der Waals surface area contributed by atoms with E-state index in [4.69, 9.17) is 4.74 Å². The molecule has 128 valence electrons. The number of carbonyl (C=O) groups is 1. The Morgan fingerprint density at radius 3 is 2.43 bits per heavy atom. The molecule has 1 fully saturated rings. The molecule has 0 amide bonds. The summed E-state index contributed by atoms with van der Waals surface area (Å²) in [5.41, 5.74) is 0.243. The van der Waals surface area contributed by atoms with Crippen LogP contribution in [0.1, 0.15) is 64.9 Å². The lowest BCUT2D eigenvalue weighted by molar-refractivity contribution is -0.175. The van der Waals surface area contributed by atoms with Gasteiger partial charge in [0.25, 0.3) is 0 Å². The largest absolute Gasteiger partial charge is 0.454 e. The van der Waals surface area contributed by atoms with Gasteiger partial charge < -0.3 is 10.1 Å². The number of esters is 1. The predicted molar refractivity (Wildman–Crippen MR) is 94.2 cm³/mol. The maximum absolute atomic E-state index is 12.9. The van der Waals surface area contributed by atoms with Gasteiger partial charge in [0.2, 0.25) is 0 Å². The molecule has 1 heterocycles. The average molecular weight is 317 g/mol. The molecule has 0 aromatic heterocycles. The Morgan fingerprint density at radius 2 is 1.83 bits per heavy atom. The Balaban J connectivity index is 2.13. The van der Waals surface area contributed by atoms with E-state index in [1.165, 1.54) is 12.8 Å². The molecule has 0 saturated carbocycles. The first kappa shape index (κ1) is 18.0. The smallest absolute Gasteiger partial charge is 0.312 e. The van der Waals surface area contributed by atoms with Crippen molar-refractivity contribution >= 4 is 5.97 Å². The van der Waals surface area contributed by atoms with E-state index in [9.17, 15) is 4.79 Å². The second-order valence-corrected chi connectivity index (χ2v) is 7.34. The van der Waals surface area contributed by atoms with Gasteiger partial charge >= 0.3 is 5.97 Å². The van der Waals surface area contributed by atoms with Gasteiger partial charge in [-0.3, -0.25) is 4.79 Å². The zero-order chi connectivity index (χ0) is 16.8. The van der Waals surface area contributed by atoms with Crippen LogP contribution in [-0.4, -0.2) is 19.1 Å². The first-order valence-electron chi connectivity index (χ1n) is 9.00. The van der Waals surface area contributed by atoms with Crippen molar-refractivity contribution < 1.29 is 9.53 Å². The monoisotopic (exact) mass is 317 g/mol. The fraction of sp³-hybridized carbons (Fsp3) is 0.650. The second-order valence-electron chi connectivity index (χ2n) is 7.34. The zero-order valence-corrected chi connectivity index (χ0v) is 14.9. The summed E-state index contributed by atoms with van der Waals surface area (Å²) in [6.07, 6.45) is 6.00. The van der Waals surface area contributed by atoms with Crippen molar-refractivity contribution in [3.63, 3.8) is 0 Å². The first-order chi connectivity index (χ1) is 11.0. The topological polar surface area (TPSA) is 38.3 Å². The van der Waals surface area contributed by atoms with Crippen molar-refractivity contribution in [2.45, 2.75) is 64.9 Å². The summed E-state index contributed by atoms with van der Waals surface area (Å²) in [4.78, 5) is 12.9. The number of hydrogen-bond acceptors (Lipinski definition) is 3. The molecule has 0 unspecified atom stereocenters. The lowest BCUT2D eigenvalue weighted by atomic mass is 9.83. The first-order valence-corrected chi connectivity index (χ1v) is 9.00. The summed E-state index contributed by atoms with van der Waals surface area (Å²) in [5.74, 6) is -0.0562. The molecule has 1 aromatic rings. The van der Waals surface area contributed by atoms with Gasteiger partial charge in [-0.25, -0.2) is 0 Å². The second kappa shape index (κ2) is 7.96. The highest BCUT2D eigenvalue weighted by atomic mass is 16.6. The number of unbranched alkanes of at least 4 members (excludes halogenated alkanes) is 2. The normalized spacial score (nSPS) is 17.7. The Morgan fingerprint density at radius 1 is 1.17 bits per heavy atom. The molecule has 23 heavy (non-hydrogen) atoms. The minimum absolute atomic E-state index is 0.0562. The fourth-order valence-electron chi connectivity index (χ4n) is 3.26. The van der Waals surface area contributed by atoms with Gasteiger partial charge in [0, 0.05) is 12.8 Å². The average Bonchev–Trinajstić information content (AvgIpc) is 2.56. The van der Waals surface area contributed by atoms with Gasteiger partial charge in [0.1, 0.15) is 5.60 Å². The minimum atomic E-state index is -0.467. The Kier molecular flexibility index (Phi) is 6.23. The van der Waals surface area contributed by atoms with Gasteiger partial charge in [-0.2, -0.15) is 0 Å². The maximum atomic E-state index is 12.9. The highest BCUT2D eigenvalue weighted by Gasteiger charge is 2.41. The van der Waals surface area contributed by atoms with E-state index in [2.05, 4.69) is 24.4 Å². The third kappa shape index (κ3) is 4.57. The SMILES string of the molecule is CCCCCC(C)(C)C(=O)OC1(c2ccccc2)CCNCC1. The number of benzene rings is 1. The summed E-state index contributed by atoms with van der Waals surface area (Å²) < 4.78 is 6.18. The van der Waals surface area contributed by atoms with Crippen LogP contribution in [-0.2, 0) is 15.1 Å². The van der Waals surface area contributed by atoms with E-state index in [1.54, 1.807) is 0 Å². The number of nitrogens with one attached hydrogen (secondary N) is 1. The van der Waals surface area contributed by atoms with Crippen molar-refractivity contribution in [2.24, 2.45) is 5.41 Å². The lowest BCUT2D eigenvalue weighted by Gasteiger charge is -2.39. The lowest BCUT2D eigenvalue weighted by Crippen LogP contribution is -2.45. The molecule has 1 aliphatic rings. The van der Waals surface area contributed by atoms with Gasteiger partial charge in [-0.15, -0.1) is 0 Å². The minimum Gasteiger partial charge on any atom is -0.454 e. The van der Waals surface area contributed by atoms with Gasteiger partial charge in [0.15, 0.2) is 0 Å². The van der Waals surface area contributed by atoms with Crippen LogP contribution in [0.3, 0.4) is 0 Å².